The van der Waals surface area contributed by atoms with Crippen LogP contribution in [0.3, 0.4) is 0 Å². The van der Waals surface area contributed by atoms with Crippen molar-refractivity contribution in [1.29, 1.82) is 0 Å². The molecular weight excluding hydrogens is 325 g/mol. The summed E-state index contributed by atoms with van der Waals surface area (Å²) in [4.78, 5) is 0. The van der Waals surface area contributed by atoms with E-state index in [0.717, 1.165) is 12.5 Å². The highest BCUT2D eigenvalue weighted by Crippen LogP contribution is 2.50. The van der Waals surface area contributed by atoms with E-state index in [9.17, 15) is 8.78 Å². The molecule has 2 rings (SSSR count). The summed E-state index contributed by atoms with van der Waals surface area (Å²) in [6.45, 7) is 4.05. The van der Waals surface area contributed by atoms with Crippen LogP contribution < -0.4 is 4.74 Å². The van der Waals surface area contributed by atoms with E-state index in [0.29, 0.717) is 6.42 Å². The smallest absolute Gasteiger partial charge is 0.169 e. The van der Waals surface area contributed by atoms with Crippen molar-refractivity contribution < 1.29 is 13.5 Å². The summed E-state index contributed by atoms with van der Waals surface area (Å²) in [5.74, 6) is -1.27. The highest BCUT2D eigenvalue weighted by Gasteiger charge is 2.51. The first-order chi connectivity index (χ1) is 8.38. The van der Waals surface area contributed by atoms with Gasteiger partial charge in [-0.15, -0.1) is 11.6 Å². The molecule has 100 valence electrons. The molecule has 1 nitrogen and oxygen atoms in total. The number of halogens is 4. The van der Waals surface area contributed by atoms with Gasteiger partial charge in [0.1, 0.15) is 11.9 Å². The quantitative estimate of drug-likeness (QED) is 0.712. The number of hydrogen-bond acceptors (Lipinski definition) is 1. The molecule has 5 heteroatoms. The van der Waals surface area contributed by atoms with Gasteiger partial charge in [0.05, 0.1) is 4.47 Å². The normalized spacial score (nSPS) is 31.0. The zero-order valence-corrected chi connectivity index (χ0v) is 12.5. The molecule has 0 aromatic heterocycles. The van der Waals surface area contributed by atoms with Gasteiger partial charge in [-0.3, -0.25) is 0 Å². The summed E-state index contributed by atoms with van der Waals surface area (Å²) in [6.07, 6.45) is 1.39. The lowest BCUT2D eigenvalue weighted by molar-refractivity contribution is -0.0320. The van der Waals surface area contributed by atoms with Gasteiger partial charge in [0.2, 0.25) is 0 Å². The average Bonchev–Trinajstić information content (AvgIpc) is 2.30. The average molecular weight is 340 g/mol. The van der Waals surface area contributed by atoms with Gasteiger partial charge in [-0.05, 0) is 28.4 Å². The van der Waals surface area contributed by atoms with Gasteiger partial charge in [-0.2, -0.15) is 0 Å². The lowest BCUT2D eigenvalue weighted by atomic mass is 9.65. The Bertz CT molecular complexity index is 445. The molecule has 1 aliphatic carbocycles. The first-order valence-electron chi connectivity index (χ1n) is 5.83. The van der Waals surface area contributed by atoms with Crippen LogP contribution in [0.1, 0.15) is 26.7 Å². The molecule has 3 atom stereocenters. The number of hydrogen-bond donors (Lipinski definition) is 0. The van der Waals surface area contributed by atoms with Gasteiger partial charge in [0, 0.05) is 23.3 Å². The Morgan fingerprint density at radius 2 is 2.17 bits per heavy atom. The monoisotopic (exact) mass is 338 g/mol. The second-order valence-electron chi connectivity index (χ2n) is 4.87. The fourth-order valence-corrected chi connectivity index (χ4v) is 3.14. The lowest BCUT2D eigenvalue weighted by Gasteiger charge is -2.50. The van der Waals surface area contributed by atoms with E-state index in [2.05, 4.69) is 15.9 Å². The summed E-state index contributed by atoms with van der Waals surface area (Å²) in [5.41, 5.74) is -0.165. The van der Waals surface area contributed by atoms with Crippen molar-refractivity contribution in [3.63, 3.8) is 0 Å². The Balaban J connectivity index is 2.21. The maximum Gasteiger partial charge on any atom is 0.169 e. The van der Waals surface area contributed by atoms with Gasteiger partial charge in [-0.1, -0.05) is 13.8 Å². The van der Waals surface area contributed by atoms with E-state index in [4.69, 9.17) is 16.3 Å². The molecule has 0 amide bonds. The van der Waals surface area contributed by atoms with Crippen LogP contribution in [0.2, 0.25) is 0 Å². The third kappa shape index (κ3) is 2.25. The Labute approximate surface area is 119 Å². The highest BCUT2D eigenvalue weighted by atomic mass is 79.9. The van der Waals surface area contributed by atoms with Crippen LogP contribution in [0.15, 0.2) is 16.6 Å². The minimum atomic E-state index is -0.696. The fourth-order valence-electron chi connectivity index (χ4n) is 2.18. The number of rotatable bonds is 3. The van der Waals surface area contributed by atoms with E-state index in [1.165, 1.54) is 6.07 Å². The van der Waals surface area contributed by atoms with Crippen molar-refractivity contribution in [3.05, 3.63) is 28.2 Å². The predicted octanol–water partition coefficient (Wildman–Crippen LogP) is 4.90. The second kappa shape index (κ2) is 4.97. The minimum absolute atomic E-state index is 0.0368. The molecule has 0 spiro atoms. The molecule has 1 aliphatic rings. The molecule has 0 bridgehead atoms. The van der Waals surface area contributed by atoms with Crippen LogP contribution in [0.4, 0.5) is 8.78 Å². The maximum atomic E-state index is 13.7. The van der Waals surface area contributed by atoms with E-state index in [1.54, 1.807) is 0 Å². The van der Waals surface area contributed by atoms with Crippen LogP contribution in [0.5, 0.6) is 5.75 Å². The summed E-state index contributed by atoms with van der Waals surface area (Å²) < 4.78 is 32.6. The van der Waals surface area contributed by atoms with Crippen LogP contribution in [-0.4, -0.2) is 11.5 Å². The molecule has 0 radical (unpaired) electrons. The molecule has 1 fully saturated rings. The molecule has 0 saturated heterocycles. The van der Waals surface area contributed by atoms with Gasteiger partial charge >= 0.3 is 0 Å². The Morgan fingerprint density at radius 1 is 1.50 bits per heavy atom. The summed E-state index contributed by atoms with van der Waals surface area (Å²) in [5, 5.41) is 0.0368. The molecule has 3 unspecified atom stereocenters. The van der Waals surface area contributed by atoms with E-state index >= 15 is 0 Å². The summed E-state index contributed by atoms with van der Waals surface area (Å²) in [7, 11) is 0. The second-order valence-corrected chi connectivity index (χ2v) is 6.25. The Kier molecular flexibility index (Phi) is 3.88. The van der Waals surface area contributed by atoms with Crippen molar-refractivity contribution >= 4 is 27.5 Å². The largest absolute Gasteiger partial charge is 0.485 e. The zero-order valence-electron chi connectivity index (χ0n) is 10.1. The zero-order chi connectivity index (χ0) is 13.5. The fraction of sp³-hybridized carbons (Fsp3) is 0.538. The minimum Gasteiger partial charge on any atom is -0.485 e. The standard InChI is InChI=1S/C13H14BrClF2O/c1-3-13(2)10(15)6-11(13)18-12-8(14)4-7(16)5-9(12)17/h4-5,10-11H,3,6H2,1-2H3. The molecule has 18 heavy (non-hydrogen) atoms. The topological polar surface area (TPSA) is 9.23 Å². The summed E-state index contributed by atoms with van der Waals surface area (Å²) >= 11 is 9.29. The Morgan fingerprint density at radius 3 is 2.67 bits per heavy atom. The van der Waals surface area contributed by atoms with Crippen LogP contribution in [-0.2, 0) is 0 Å². The predicted molar refractivity (Wildman–Crippen MR) is 71.1 cm³/mol. The Hall–Kier alpha value is -0.350. The van der Waals surface area contributed by atoms with Gasteiger partial charge in [-0.25, -0.2) is 8.78 Å². The van der Waals surface area contributed by atoms with Crippen molar-refractivity contribution in [2.75, 3.05) is 0 Å². The lowest BCUT2D eigenvalue weighted by Crippen LogP contribution is -2.55. The number of ether oxygens (including phenoxy) is 1. The summed E-state index contributed by atoms with van der Waals surface area (Å²) in [6, 6.07) is 2.01. The van der Waals surface area contributed by atoms with Gasteiger partial charge in [0.15, 0.2) is 11.6 Å². The van der Waals surface area contributed by atoms with Crippen molar-refractivity contribution in [2.24, 2.45) is 5.41 Å². The molecule has 0 heterocycles. The molecule has 0 aliphatic heterocycles. The third-order valence-corrected chi connectivity index (χ3v) is 5.12. The molecular formula is C13H14BrClF2O. The number of benzene rings is 1. The molecule has 1 aromatic carbocycles. The van der Waals surface area contributed by atoms with Crippen molar-refractivity contribution in [2.45, 2.75) is 38.2 Å². The van der Waals surface area contributed by atoms with Gasteiger partial charge in [0.25, 0.3) is 0 Å². The van der Waals surface area contributed by atoms with E-state index in [1.807, 2.05) is 13.8 Å². The third-order valence-electron chi connectivity index (χ3n) is 3.86. The highest BCUT2D eigenvalue weighted by molar-refractivity contribution is 9.10. The van der Waals surface area contributed by atoms with Crippen LogP contribution >= 0.6 is 27.5 Å². The SMILES string of the molecule is CCC1(C)C(Cl)CC1Oc1c(F)cc(F)cc1Br. The van der Waals surface area contributed by atoms with Crippen LogP contribution in [0, 0.1) is 17.0 Å². The maximum absolute atomic E-state index is 13.7. The van der Waals surface area contributed by atoms with E-state index < -0.39 is 11.6 Å². The first-order valence-corrected chi connectivity index (χ1v) is 7.06. The molecule has 0 N–H and O–H groups in total. The number of alkyl halides is 1. The van der Waals surface area contributed by atoms with Crippen molar-refractivity contribution in [3.8, 4) is 5.75 Å². The van der Waals surface area contributed by atoms with Gasteiger partial charge < -0.3 is 4.74 Å². The molecule has 1 aromatic rings. The molecule has 1 saturated carbocycles. The van der Waals surface area contributed by atoms with Crippen LogP contribution in [0.25, 0.3) is 0 Å². The first kappa shape index (κ1) is 14.1. The van der Waals surface area contributed by atoms with Crippen molar-refractivity contribution in [1.82, 2.24) is 0 Å². The van der Waals surface area contributed by atoms with E-state index in [-0.39, 0.29) is 27.1 Å².